The maximum Gasteiger partial charge on any atom is 0.116 e. The van der Waals surface area contributed by atoms with Gasteiger partial charge >= 0.3 is 0 Å². The molecular weight excluding hydrogens is 230 g/mol. The molecule has 0 fully saturated rings. The van der Waals surface area contributed by atoms with Crippen LogP contribution in [0.3, 0.4) is 0 Å². The van der Waals surface area contributed by atoms with Gasteiger partial charge in [0.25, 0.3) is 0 Å². The van der Waals surface area contributed by atoms with E-state index in [9.17, 15) is 0 Å². The van der Waals surface area contributed by atoms with Gasteiger partial charge in [-0.25, -0.2) is 9.97 Å². The van der Waals surface area contributed by atoms with Crippen LogP contribution in [-0.4, -0.2) is 9.97 Å². The average Bonchev–Trinajstić information content (AvgIpc) is 2.40. The average molecular weight is 245 g/mol. The summed E-state index contributed by atoms with van der Waals surface area (Å²) in [6, 6.07) is 10.2. The van der Waals surface area contributed by atoms with Gasteiger partial charge in [-0.1, -0.05) is 36.9 Å². The highest BCUT2D eigenvalue weighted by atomic mass is 32.2. The first-order valence-corrected chi connectivity index (χ1v) is 6.41. The maximum absolute atomic E-state index is 6.10. The summed E-state index contributed by atoms with van der Waals surface area (Å²) in [4.78, 5) is 9.29. The second kappa shape index (κ2) is 5.80. The van der Waals surface area contributed by atoms with E-state index in [2.05, 4.69) is 29.0 Å². The minimum absolute atomic E-state index is 0.0838. The molecule has 1 atom stereocenters. The summed E-state index contributed by atoms with van der Waals surface area (Å²) < 4.78 is 0. The lowest BCUT2D eigenvalue weighted by Crippen LogP contribution is -2.09. The molecule has 0 spiro atoms. The summed E-state index contributed by atoms with van der Waals surface area (Å²) in [6.07, 6.45) is 4.24. The Balaban J connectivity index is 2.27. The molecule has 88 valence electrons. The molecule has 0 aliphatic rings. The summed E-state index contributed by atoms with van der Waals surface area (Å²) in [6.45, 7) is 2.09. The molecule has 1 aromatic heterocycles. The molecule has 0 aliphatic carbocycles. The van der Waals surface area contributed by atoms with Crippen LogP contribution in [0.15, 0.2) is 52.8 Å². The first-order chi connectivity index (χ1) is 8.31. The van der Waals surface area contributed by atoms with Crippen LogP contribution in [0.25, 0.3) is 0 Å². The third-order valence-corrected chi connectivity index (χ3v) is 3.57. The topological polar surface area (TPSA) is 51.8 Å². The zero-order chi connectivity index (χ0) is 12.1. The van der Waals surface area contributed by atoms with E-state index in [0.717, 1.165) is 11.4 Å². The molecule has 1 heterocycles. The van der Waals surface area contributed by atoms with Crippen molar-refractivity contribution in [3.63, 3.8) is 0 Å². The van der Waals surface area contributed by atoms with Crippen LogP contribution in [0.2, 0.25) is 0 Å². The largest absolute Gasteiger partial charge is 0.324 e. The highest BCUT2D eigenvalue weighted by molar-refractivity contribution is 7.99. The molecule has 0 saturated carbocycles. The van der Waals surface area contributed by atoms with E-state index in [1.807, 2.05) is 18.2 Å². The van der Waals surface area contributed by atoms with E-state index in [-0.39, 0.29) is 6.04 Å². The number of nitrogens with two attached hydrogens (primary N) is 1. The molecule has 0 aliphatic heterocycles. The lowest BCUT2D eigenvalue weighted by molar-refractivity contribution is 0.685. The molecule has 0 saturated heterocycles. The highest BCUT2D eigenvalue weighted by Gasteiger charge is 2.10. The fourth-order valence-electron chi connectivity index (χ4n) is 1.55. The van der Waals surface area contributed by atoms with Crippen LogP contribution in [-0.2, 0) is 0 Å². The van der Waals surface area contributed by atoms with Gasteiger partial charge in [0.1, 0.15) is 11.4 Å². The van der Waals surface area contributed by atoms with Crippen LogP contribution < -0.4 is 5.73 Å². The molecular formula is C13H15N3S. The fraction of sp³-hybridized carbons (Fsp3) is 0.231. The monoisotopic (exact) mass is 245 g/mol. The fourth-order valence-corrected chi connectivity index (χ4v) is 2.49. The van der Waals surface area contributed by atoms with Crippen molar-refractivity contribution in [1.82, 2.24) is 9.97 Å². The lowest BCUT2D eigenvalue weighted by atomic mass is 10.1. The Morgan fingerprint density at radius 3 is 2.82 bits per heavy atom. The van der Waals surface area contributed by atoms with Gasteiger partial charge in [0.15, 0.2) is 0 Å². The molecule has 3 nitrogen and oxygen atoms in total. The van der Waals surface area contributed by atoms with Gasteiger partial charge in [-0.15, -0.1) is 0 Å². The van der Waals surface area contributed by atoms with Gasteiger partial charge < -0.3 is 5.73 Å². The summed E-state index contributed by atoms with van der Waals surface area (Å²) in [5.74, 6) is 0. The Morgan fingerprint density at radius 1 is 1.29 bits per heavy atom. The minimum atomic E-state index is 0.0838. The van der Waals surface area contributed by atoms with Crippen molar-refractivity contribution in [2.45, 2.75) is 29.3 Å². The number of rotatable bonds is 4. The summed E-state index contributed by atoms with van der Waals surface area (Å²) in [5, 5.41) is 0.941. The smallest absolute Gasteiger partial charge is 0.116 e. The van der Waals surface area contributed by atoms with Crippen LogP contribution in [0.5, 0.6) is 0 Å². The van der Waals surface area contributed by atoms with E-state index in [4.69, 9.17) is 5.73 Å². The van der Waals surface area contributed by atoms with Crippen molar-refractivity contribution >= 4 is 11.8 Å². The first-order valence-electron chi connectivity index (χ1n) is 5.59. The van der Waals surface area contributed by atoms with Crippen molar-refractivity contribution in [2.75, 3.05) is 0 Å². The molecule has 0 unspecified atom stereocenters. The summed E-state index contributed by atoms with van der Waals surface area (Å²) >= 11 is 1.63. The number of hydrogen-bond acceptors (Lipinski definition) is 4. The standard InChI is InChI=1S/C13H15N3S/c1-2-11(14)10-5-3-4-6-12(10)17-13-7-8-15-9-16-13/h3-9,11H,2,14H2,1H3/t11-/m1/s1. The van der Waals surface area contributed by atoms with E-state index < -0.39 is 0 Å². The zero-order valence-electron chi connectivity index (χ0n) is 9.71. The molecule has 1 aromatic carbocycles. The second-order valence-electron chi connectivity index (χ2n) is 3.70. The van der Waals surface area contributed by atoms with Gasteiger partial charge in [-0.05, 0) is 24.1 Å². The van der Waals surface area contributed by atoms with Crippen LogP contribution >= 0.6 is 11.8 Å². The van der Waals surface area contributed by atoms with Gasteiger partial charge in [0.05, 0.1) is 0 Å². The SMILES string of the molecule is CC[C@@H](N)c1ccccc1Sc1ccncn1. The Labute approximate surface area is 105 Å². The van der Waals surface area contributed by atoms with Gasteiger partial charge in [0, 0.05) is 17.1 Å². The van der Waals surface area contributed by atoms with E-state index in [1.165, 1.54) is 10.5 Å². The molecule has 2 N–H and O–H groups in total. The highest BCUT2D eigenvalue weighted by Crippen LogP contribution is 2.31. The molecule has 0 bridgehead atoms. The van der Waals surface area contributed by atoms with Crippen molar-refractivity contribution in [3.05, 3.63) is 48.4 Å². The van der Waals surface area contributed by atoms with Crippen LogP contribution in [0.1, 0.15) is 24.9 Å². The summed E-state index contributed by atoms with van der Waals surface area (Å²) in [7, 11) is 0. The predicted octanol–water partition coefficient (Wildman–Crippen LogP) is 3.04. The van der Waals surface area contributed by atoms with E-state index in [1.54, 1.807) is 24.3 Å². The number of nitrogens with zero attached hydrogens (tertiary/aromatic N) is 2. The second-order valence-corrected chi connectivity index (χ2v) is 4.76. The van der Waals surface area contributed by atoms with Gasteiger partial charge in [-0.2, -0.15) is 0 Å². The third kappa shape index (κ3) is 3.05. The van der Waals surface area contributed by atoms with Crippen LogP contribution in [0, 0.1) is 0 Å². The predicted molar refractivity (Wildman–Crippen MR) is 69.8 cm³/mol. The van der Waals surface area contributed by atoms with E-state index >= 15 is 0 Å². The molecule has 0 amide bonds. The zero-order valence-corrected chi connectivity index (χ0v) is 10.5. The normalized spacial score (nSPS) is 12.4. The lowest BCUT2D eigenvalue weighted by Gasteiger charge is -2.13. The Bertz CT molecular complexity index is 473. The van der Waals surface area contributed by atoms with Gasteiger partial charge in [-0.3, -0.25) is 0 Å². The molecule has 2 rings (SSSR count). The van der Waals surface area contributed by atoms with Crippen LogP contribution in [0.4, 0.5) is 0 Å². The van der Waals surface area contributed by atoms with Crippen molar-refractivity contribution < 1.29 is 0 Å². The number of benzene rings is 1. The Morgan fingerprint density at radius 2 is 2.12 bits per heavy atom. The third-order valence-electron chi connectivity index (χ3n) is 2.53. The van der Waals surface area contributed by atoms with Crippen molar-refractivity contribution in [2.24, 2.45) is 5.73 Å². The number of aromatic nitrogens is 2. The molecule has 0 radical (unpaired) electrons. The Hall–Kier alpha value is -1.39. The molecule has 2 aromatic rings. The first kappa shape index (κ1) is 12.1. The minimum Gasteiger partial charge on any atom is -0.324 e. The molecule has 17 heavy (non-hydrogen) atoms. The van der Waals surface area contributed by atoms with Gasteiger partial charge in [0.2, 0.25) is 0 Å². The summed E-state index contributed by atoms with van der Waals surface area (Å²) in [5.41, 5.74) is 7.28. The van der Waals surface area contributed by atoms with E-state index in [0.29, 0.717) is 0 Å². The quantitative estimate of drug-likeness (QED) is 0.841. The Kier molecular flexibility index (Phi) is 4.12. The van der Waals surface area contributed by atoms with Crippen molar-refractivity contribution in [3.8, 4) is 0 Å². The molecule has 4 heteroatoms. The number of hydrogen-bond donors (Lipinski definition) is 1. The van der Waals surface area contributed by atoms with Crippen molar-refractivity contribution in [1.29, 1.82) is 0 Å². The maximum atomic E-state index is 6.10.